The van der Waals surface area contributed by atoms with Gasteiger partial charge in [-0.05, 0) is 37.3 Å². The van der Waals surface area contributed by atoms with E-state index < -0.39 is 0 Å². The Bertz CT molecular complexity index is 525. The second kappa shape index (κ2) is 7.27. The van der Waals surface area contributed by atoms with Crippen molar-refractivity contribution in [3.63, 3.8) is 0 Å². The van der Waals surface area contributed by atoms with Gasteiger partial charge >= 0.3 is 0 Å². The number of nitrogens with zero attached hydrogens (tertiary/aromatic N) is 1. The monoisotopic (exact) mass is 289 g/mol. The molecule has 1 heterocycles. The van der Waals surface area contributed by atoms with E-state index in [0.717, 1.165) is 36.3 Å². The highest BCUT2D eigenvalue weighted by Gasteiger charge is 2.22. The zero-order valence-electron chi connectivity index (χ0n) is 12.7. The minimum atomic E-state index is 0.0107. The predicted molar refractivity (Wildman–Crippen MR) is 83.0 cm³/mol. The van der Waals surface area contributed by atoms with E-state index >= 15 is 0 Å². The average molecular weight is 289 g/mol. The molecule has 1 aliphatic heterocycles. The summed E-state index contributed by atoms with van der Waals surface area (Å²) < 4.78 is 5.33. The predicted octanol–water partition coefficient (Wildman–Crippen LogP) is 2.33. The zero-order valence-corrected chi connectivity index (χ0v) is 12.7. The number of aliphatic hydroxyl groups is 1. The first kappa shape index (κ1) is 15.6. The molecule has 0 aromatic heterocycles. The molecule has 114 valence electrons. The summed E-state index contributed by atoms with van der Waals surface area (Å²) in [6, 6.07) is 7.68. The summed E-state index contributed by atoms with van der Waals surface area (Å²) in [7, 11) is 1.63. The molecule has 21 heavy (non-hydrogen) atoms. The van der Waals surface area contributed by atoms with Crippen molar-refractivity contribution in [1.29, 1.82) is 0 Å². The fraction of sp³-hybridized carbons (Fsp3) is 0.471. The van der Waals surface area contributed by atoms with Gasteiger partial charge in [-0.15, -0.1) is 0 Å². The molecule has 0 bridgehead atoms. The van der Waals surface area contributed by atoms with Crippen LogP contribution in [0.15, 0.2) is 30.3 Å². The largest absolute Gasteiger partial charge is 0.496 e. The highest BCUT2D eigenvalue weighted by molar-refractivity contribution is 5.95. The molecule has 1 aromatic carbocycles. The van der Waals surface area contributed by atoms with E-state index in [9.17, 15) is 9.90 Å². The normalized spacial score (nSPS) is 19.5. The Labute approximate surface area is 126 Å². The topological polar surface area (TPSA) is 49.8 Å². The van der Waals surface area contributed by atoms with Gasteiger partial charge in [0.1, 0.15) is 5.75 Å². The summed E-state index contributed by atoms with van der Waals surface area (Å²) in [5.74, 6) is 0.991. The van der Waals surface area contributed by atoms with Crippen LogP contribution in [0, 0.1) is 5.92 Å². The summed E-state index contributed by atoms with van der Waals surface area (Å²) in [5.41, 5.74) is 1.83. The van der Waals surface area contributed by atoms with Crippen molar-refractivity contribution < 1.29 is 14.6 Å². The van der Waals surface area contributed by atoms with Crippen molar-refractivity contribution in [3.8, 4) is 5.75 Å². The van der Waals surface area contributed by atoms with Gasteiger partial charge in [0.15, 0.2) is 0 Å². The molecule has 0 spiro atoms. The summed E-state index contributed by atoms with van der Waals surface area (Å²) in [6.45, 7) is 3.48. The summed E-state index contributed by atoms with van der Waals surface area (Å²) >= 11 is 0. The summed E-state index contributed by atoms with van der Waals surface area (Å²) in [6.07, 6.45) is 3.62. The Morgan fingerprint density at radius 2 is 2.24 bits per heavy atom. The van der Waals surface area contributed by atoms with Gasteiger partial charge in [0.05, 0.1) is 7.11 Å². The number of benzene rings is 1. The number of para-hydroxylation sites is 1. The van der Waals surface area contributed by atoms with Crippen molar-refractivity contribution >= 4 is 11.5 Å². The van der Waals surface area contributed by atoms with E-state index in [4.69, 9.17) is 4.74 Å². The maximum absolute atomic E-state index is 12.4. The Kier molecular flexibility index (Phi) is 5.39. The third-order valence-electron chi connectivity index (χ3n) is 3.96. The second-order valence-electron chi connectivity index (χ2n) is 5.50. The summed E-state index contributed by atoms with van der Waals surface area (Å²) in [5, 5.41) is 9.25. The fourth-order valence-electron chi connectivity index (χ4n) is 2.74. The smallest absolute Gasteiger partial charge is 0.246 e. The maximum atomic E-state index is 12.4. The lowest BCUT2D eigenvalue weighted by Crippen LogP contribution is -2.40. The van der Waals surface area contributed by atoms with Gasteiger partial charge in [-0.1, -0.05) is 18.2 Å². The van der Waals surface area contributed by atoms with Crippen LogP contribution in [0.2, 0.25) is 0 Å². The number of aliphatic hydroxyl groups excluding tert-OH is 1. The Balaban J connectivity index is 2.12. The SMILES string of the molecule is COc1ccccc1/C(C)=C/C(=O)N1CCCC(CO)C1. The lowest BCUT2D eigenvalue weighted by molar-refractivity contribution is -0.128. The van der Waals surface area contributed by atoms with Crippen molar-refractivity contribution in [2.45, 2.75) is 19.8 Å². The quantitative estimate of drug-likeness (QED) is 0.866. The second-order valence-corrected chi connectivity index (χ2v) is 5.50. The minimum absolute atomic E-state index is 0.0107. The lowest BCUT2D eigenvalue weighted by atomic mass is 9.98. The molecule has 1 atom stereocenters. The van der Waals surface area contributed by atoms with Gasteiger partial charge in [0, 0.05) is 31.3 Å². The molecule has 1 saturated heterocycles. The van der Waals surface area contributed by atoms with Crippen molar-refractivity contribution in [1.82, 2.24) is 4.90 Å². The molecule has 1 aromatic rings. The Morgan fingerprint density at radius 1 is 1.48 bits per heavy atom. The third-order valence-corrected chi connectivity index (χ3v) is 3.96. The van der Waals surface area contributed by atoms with Crippen LogP contribution in [0.4, 0.5) is 0 Å². The molecule has 1 aliphatic rings. The van der Waals surface area contributed by atoms with Crippen molar-refractivity contribution in [2.75, 3.05) is 26.8 Å². The van der Waals surface area contributed by atoms with Crippen LogP contribution in [0.1, 0.15) is 25.3 Å². The number of methoxy groups -OCH3 is 1. The number of piperidine rings is 1. The number of hydrogen-bond donors (Lipinski definition) is 1. The number of rotatable bonds is 4. The fourth-order valence-corrected chi connectivity index (χ4v) is 2.74. The van der Waals surface area contributed by atoms with Crippen LogP contribution in [0.25, 0.3) is 5.57 Å². The molecule has 4 heteroatoms. The van der Waals surface area contributed by atoms with E-state index in [1.165, 1.54) is 0 Å². The van der Waals surface area contributed by atoms with Gasteiger partial charge in [-0.3, -0.25) is 4.79 Å². The van der Waals surface area contributed by atoms with Crippen LogP contribution in [-0.2, 0) is 4.79 Å². The third kappa shape index (κ3) is 3.85. The number of allylic oxidation sites excluding steroid dienone is 1. The highest BCUT2D eigenvalue weighted by atomic mass is 16.5. The van der Waals surface area contributed by atoms with Crippen molar-refractivity contribution in [2.24, 2.45) is 5.92 Å². The molecule has 1 fully saturated rings. The lowest BCUT2D eigenvalue weighted by Gasteiger charge is -2.31. The first-order valence-corrected chi connectivity index (χ1v) is 7.37. The number of amides is 1. The number of carbonyl (C=O) groups excluding carboxylic acids is 1. The van der Waals surface area contributed by atoms with Crippen LogP contribution in [0.5, 0.6) is 5.75 Å². The molecular formula is C17H23NO3. The first-order valence-electron chi connectivity index (χ1n) is 7.37. The highest BCUT2D eigenvalue weighted by Crippen LogP contribution is 2.25. The molecular weight excluding hydrogens is 266 g/mol. The number of ether oxygens (including phenoxy) is 1. The maximum Gasteiger partial charge on any atom is 0.246 e. The molecule has 0 aliphatic carbocycles. The number of likely N-dealkylation sites (tertiary alicyclic amines) is 1. The summed E-state index contributed by atoms with van der Waals surface area (Å²) in [4.78, 5) is 14.2. The molecule has 1 amide bonds. The van der Waals surface area contributed by atoms with E-state index in [1.807, 2.05) is 36.1 Å². The number of hydrogen-bond acceptors (Lipinski definition) is 3. The molecule has 0 saturated carbocycles. The van der Waals surface area contributed by atoms with E-state index in [-0.39, 0.29) is 18.4 Å². The van der Waals surface area contributed by atoms with Crippen LogP contribution >= 0.6 is 0 Å². The van der Waals surface area contributed by atoms with Crippen LogP contribution in [-0.4, -0.2) is 42.7 Å². The van der Waals surface area contributed by atoms with Gasteiger partial charge in [0.25, 0.3) is 0 Å². The van der Waals surface area contributed by atoms with Gasteiger partial charge < -0.3 is 14.7 Å². The molecule has 2 rings (SSSR count). The van der Waals surface area contributed by atoms with E-state index in [1.54, 1.807) is 13.2 Å². The average Bonchev–Trinajstić information content (AvgIpc) is 2.54. The molecule has 1 unspecified atom stereocenters. The van der Waals surface area contributed by atoms with Gasteiger partial charge in [-0.2, -0.15) is 0 Å². The van der Waals surface area contributed by atoms with Gasteiger partial charge in [0.2, 0.25) is 5.91 Å². The molecule has 4 nitrogen and oxygen atoms in total. The van der Waals surface area contributed by atoms with Gasteiger partial charge in [-0.25, -0.2) is 0 Å². The van der Waals surface area contributed by atoms with E-state index in [0.29, 0.717) is 6.54 Å². The number of carbonyl (C=O) groups is 1. The Morgan fingerprint density at radius 3 is 2.95 bits per heavy atom. The van der Waals surface area contributed by atoms with Crippen LogP contribution in [0.3, 0.4) is 0 Å². The zero-order chi connectivity index (χ0) is 15.2. The molecule has 1 N–H and O–H groups in total. The van der Waals surface area contributed by atoms with E-state index in [2.05, 4.69) is 0 Å². The minimum Gasteiger partial charge on any atom is -0.496 e. The first-order chi connectivity index (χ1) is 10.2. The van der Waals surface area contributed by atoms with Crippen LogP contribution < -0.4 is 4.74 Å². The standard InChI is InChI=1S/C17H23NO3/c1-13(15-7-3-4-8-16(15)21-2)10-17(20)18-9-5-6-14(11-18)12-19/h3-4,7-8,10,14,19H,5-6,9,11-12H2,1-2H3/b13-10+. The van der Waals surface area contributed by atoms with Crippen molar-refractivity contribution in [3.05, 3.63) is 35.9 Å². The Hall–Kier alpha value is -1.81. The molecule has 0 radical (unpaired) electrons.